The molecule has 0 amide bonds. The molecule has 6 heteroatoms. The first-order valence-electron chi connectivity index (χ1n) is 6.26. The van der Waals surface area contributed by atoms with Crippen molar-refractivity contribution in [2.75, 3.05) is 42.3 Å². The van der Waals surface area contributed by atoms with E-state index in [0.717, 1.165) is 0 Å². The second-order valence-electron chi connectivity index (χ2n) is 6.27. The molecule has 0 aliphatic carbocycles. The first-order valence-corrected chi connectivity index (χ1v) is 6.26. The van der Waals surface area contributed by atoms with Crippen LogP contribution >= 0.6 is 0 Å². The summed E-state index contributed by atoms with van der Waals surface area (Å²) in [7, 11) is 10.7. The summed E-state index contributed by atoms with van der Waals surface area (Å²) in [5.74, 6) is -0.699. The molecule has 0 atom stereocenters. The SMILES string of the molecule is C[N+](C)(C)/N=C(\[O-])c1cccc(/C([O-])=N/[N+](C)(C)C)c1. The van der Waals surface area contributed by atoms with Crippen LogP contribution in [-0.2, 0) is 0 Å². The van der Waals surface area contributed by atoms with Gasteiger partial charge >= 0.3 is 0 Å². The average Bonchev–Trinajstić information content (AvgIpc) is 2.24. The van der Waals surface area contributed by atoms with Gasteiger partial charge in [-0.3, -0.25) is 0 Å². The van der Waals surface area contributed by atoms with Gasteiger partial charge in [0, 0.05) is 0 Å². The van der Waals surface area contributed by atoms with Crippen LogP contribution < -0.4 is 10.2 Å². The zero-order valence-corrected chi connectivity index (χ0v) is 12.9. The topological polar surface area (TPSA) is 70.8 Å². The summed E-state index contributed by atoms with van der Waals surface area (Å²) in [6.45, 7) is 0. The maximum Gasteiger partial charge on any atom is 0.0923 e. The lowest BCUT2D eigenvalue weighted by Gasteiger charge is -2.22. The molecule has 0 saturated heterocycles. The van der Waals surface area contributed by atoms with Crippen LogP contribution in [0.15, 0.2) is 34.5 Å². The summed E-state index contributed by atoms with van der Waals surface area (Å²) in [5.41, 5.74) is 0.779. The van der Waals surface area contributed by atoms with Crippen LogP contribution in [0.5, 0.6) is 0 Å². The van der Waals surface area contributed by atoms with E-state index in [1.54, 1.807) is 60.5 Å². The first kappa shape index (κ1) is 16.1. The highest BCUT2D eigenvalue weighted by molar-refractivity contribution is 5.95. The van der Waals surface area contributed by atoms with Crippen LogP contribution in [0.2, 0.25) is 0 Å². The van der Waals surface area contributed by atoms with Crippen molar-refractivity contribution in [2.45, 2.75) is 0 Å². The van der Waals surface area contributed by atoms with E-state index in [1.807, 2.05) is 0 Å². The Morgan fingerprint density at radius 2 is 1.15 bits per heavy atom. The molecule has 0 N–H and O–H groups in total. The fraction of sp³-hybridized carbons (Fsp3) is 0.429. The van der Waals surface area contributed by atoms with Crippen LogP contribution in [0.4, 0.5) is 0 Å². The Morgan fingerprint density at radius 3 is 1.45 bits per heavy atom. The molecule has 0 aromatic heterocycles. The highest BCUT2D eigenvalue weighted by Gasteiger charge is 2.07. The number of benzene rings is 1. The second-order valence-corrected chi connectivity index (χ2v) is 6.27. The van der Waals surface area contributed by atoms with Crippen LogP contribution in [0, 0.1) is 0 Å². The molecule has 0 saturated carbocycles. The Bertz CT molecular complexity index is 492. The minimum Gasteiger partial charge on any atom is -0.855 e. The fourth-order valence-electron chi connectivity index (χ4n) is 1.45. The van der Waals surface area contributed by atoms with E-state index < -0.39 is 0 Å². The molecule has 1 aromatic rings. The van der Waals surface area contributed by atoms with E-state index in [0.29, 0.717) is 11.1 Å². The molecule has 0 radical (unpaired) electrons. The van der Waals surface area contributed by atoms with E-state index in [9.17, 15) is 10.2 Å². The van der Waals surface area contributed by atoms with Crippen molar-refractivity contribution in [3.8, 4) is 0 Å². The largest absolute Gasteiger partial charge is 0.855 e. The predicted octanol–water partition coefficient (Wildman–Crippen LogP) is -0.857. The number of hydrogen-bond donors (Lipinski definition) is 0. The minimum absolute atomic E-state index is 0.181. The van der Waals surface area contributed by atoms with E-state index in [-0.39, 0.29) is 21.0 Å². The molecule has 6 nitrogen and oxygen atoms in total. The lowest BCUT2D eigenvalue weighted by Crippen LogP contribution is -2.34. The highest BCUT2D eigenvalue weighted by atomic mass is 16.3. The average molecular weight is 278 g/mol. The molecule has 0 heterocycles. The van der Waals surface area contributed by atoms with Gasteiger partial charge in [0.15, 0.2) is 0 Å². The highest BCUT2D eigenvalue weighted by Crippen LogP contribution is 2.07. The first-order chi connectivity index (χ1) is 8.98. The van der Waals surface area contributed by atoms with Gasteiger partial charge in [-0.2, -0.15) is 0 Å². The zero-order valence-electron chi connectivity index (χ0n) is 12.9. The third kappa shape index (κ3) is 5.38. The van der Waals surface area contributed by atoms with Gasteiger partial charge in [0.1, 0.15) is 0 Å². The number of quaternary nitrogens is 2. The molecule has 110 valence electrons. The molecule has 20 heavy (non-hydrogen) atoms. The third-order valence-corrected chi connectivity index (χ3v) is 2.14. The summed E-state index contributed by atoms with van der Waals surface area (Å²) in [4.78, 5) is 0. The van der Waals surface area contributed by atoms with Crippen LogP contribution in [0.25, 0.3) is 0 Å². The Kier molecular flexibility index (Phi) is 4.52. The van der Waals surface area contributed by atoms with Gasteiger partial charge < -0.3 is 10.2 Å². The Hall–Kier alpha value is -1.92. The summed E-state index contributed by atoms with van der Waals surface area (Å²) < 4.78 is 0.362. The van der Waals surface area contributed by atoms with E-state index in [4.69, 9.17) is 0 Å². The number of nitrogens with zero attached hydrogens (tertiary/aromatic N) is 4. The molecule has 0 aliphatic heterocycles. The molecular formula is C14H22N4O2. The zero-order chi connectivity index (χ0) is 15.6. The Morgan fingerprint density at radius 1 is 0.800 bits per heavy atom. The summed E-state index contributed by atoms with van der Waals surface area (Å²) in [5, 5.41) is 32.0. The second kappa shape index (κ2) is 5.60. The van der Waals surface area contributed by atoms with Crippen LogP contribution in [0.1, 0.15) is 11.1 Å². The van der Waals surface area contributed by atoms with Gasteiger partial charge in [-0.15, -0.1) is 0 Å². The van der Waals surface area contributed by atoms with Crippen molar-refractivity contribution in [2.24, 2.45) is 10.2 Å². The summed E-state index contributed by atoms with van der Waals surface area (Å²) in [6.07, 6.45) is 0. The van der Waals surface area contributed by atoms with E-state index in [1.165, 1.54) is 6.07 Å². The Balaban J connectivity index is 3.15. The van der Waals surface area contributed by atoms with Gasteiger partial charge in [-0.1, -0.05) is 28.4 Å². The molecule has 0 unspecified atom stereocenters. The maximum atomic E-state index is 12.0. The Labute approximate surface area is 120 Å². The van der Waals surface area contributed by atoms with Gasteiger partial charge in [0.05, 0.1) is 54.1 Å². The van der Waals surface area contributed by atoms with Crippen molar-refractivity contribution in [1.82, 2.24) is 0 Å². The molecule has 1 rings (SSSR count). The standard InChI is InChI=1S/C14H22N4O2/c1-17(2,3)15-13(19)11-8-7-9-12(10-11)14(20)16-18(4,5)6/h7-10H,1-6H3. The van der Waals surface area contributed by atoms with Crippen molar-refractivity contribution >= 4 is 11.8 Å². The normalized spacial score (nSPS) is 14.5. The lowest BCUT2D eigenvalue weighted by atomic mass is 10.1. The smallest absolute Gasteiger partial charge is 0.0923 e. The van der Waals surface area contributed by atoms with Crippen molar-refractivity contribution in [1.29, 1.82) is 0 Å². The van der Waals surface area contributed by atoms with Crippen molar-refractivity contribution in [3.05, 3.63) is 35.4 Å². The predicted molar refractivity (Wildman–Crippen MR) is 75.6 cm³/mol. The summed E-state index contributed by atoms with van der Waals surface area (Å²) in [6, 6.07) is 6.48. The lowest BCUT2D eigenvalue weighted by molar-refractivity contribution is -0.878. The number of hydrogen-bond acceptors (Lipinski definition) is 4. The maximum absolute atomic E-state index is 12.0. The van der Waals surface area contributed by atoms with Crippen LogP contribution in [-0.4, -0.2) is 63.3 Å². The molecular weight excluding hydrogens is 256 g/mol. The molecule has 0 spiro atoms. The van der Waals surface area contributed by atoms with Gasteiger partial charge in [-0.05, 0) is 17.2 Å². The fourth-order valence-corrected chi connectivity index (χ4v) is 1.45. The molecule has 0 bridgehead atoms. The van der Waals surface area contributed by atoms with E-state index in [2.05, 4.69) is 10.2 Å². The van der Waals surface area contributed by atoms with Crippen molar-refractivity contribution < 1.29 is 19.4 Å². The van der Waals surface area contributed by atoms with Gasteiger partial charge in [0.25, 0.3) is 0 Å². The summed E-state index contributed by atoms with van der Waals surface area (Å²) >= 11 is 0. The monoisotopic (exact) mass is 278 g/mol. The molecule has 0 fully saturated rings. The molecule has 0 aliphatic rings. The number of rotatable bonds is 4. The quantitative estimate of drug-likeness (QED) is 0.311. The minimum atomic E-state index is -0.350. The van der Waals surface area contributed by atoms with Gasteiger partial charge in [0.2, 0.25) is 0 Å². The van der Waals surface area contributed by atoms with E-state index >= 15 is 0 Å². The van der Waals surface area contributed by atoms with Crippen LogP contribution in [0.3, 0.4) is 0 Å². The van der Waals surface area contributed by atoms with Gasteiger partial charge in [-0.25, -0.2) is 9.18 Å². The molecule has 1 aromatic carbocycles. The van der Waals surface area contributed by atoms with Crippen molar-refractivity contribution in [3.63, 3.8) is 0 Å². The third-order valence-electron chi connectivity index (χ3n) is 2.14.